The van der Waals surface area contributed by atoms with Crippen LogP contribution in [-0.4, -0.2) is 27.2 Å². The van der Waals surface area contributed by atoms with E-state index in [1.54, 1.807) is 17.0 Å². The lowest BCUT2D eigenvalue weighted by Crippen LogP contribution is -2.41. The van der Waals surface area contributed by atoms with Crippen LogP contribution in [0.2, 0.25) is 10.0 Å². The van der Waals surface area contributed by atoms with Crippen molar-refractivity contribution < 1.29 is 14.7 Å². The maximum atomic E-state index is 12.9. The molecule has 0 fully saturated rings. The number of nitrogens with zero attached hydrogens (tertiary/aromatic N) is 2. The van der Waals surface area contributed by atoms with Gasteiger partial charge >= 0.3 is 5.97 Å². The van der Waals surface area contributed by atoms with Crippen molar-refractivity contribution in [2.45, 2.75) is 23.1 Å². The summed E-state index contributed by atoms with van der Waals surface area (Å²) < 4.78 is 0.772. The molecular weight excluding hydrogens is 427 g/mol. The molecule has 2 heterocycles. The second-order valence-electron chi connectivity index (χ2n) is 5.91. The summed E-state index contributed by atoms with van der Waals surface area (Å²) in [6.07, 6.45) is -0.230. The Morgan fingerprint density at radius 3 is 2.67 bits per heavy atom. The zero-order chi connectivity index (χ0) is 19.1. The zero-order valence-corrected chi connectivity index (χ0v) is 16.8. The van der Waals surface area contributed by atoms with Gasteiger partial charge in [0.1, 0.15) is 10.5 Å². The van der Waals surface area contributed by atoms with Gasteiger partial charge < -0.3 is 10.0 Å². The number of amides is 1. The summed E-state index contributed by atoms with van der Waals surface area (Å²) in [4.78, 5) is 31.1. The Hall–Kier alpha value is -1.80. The van der Waals surface area contributed by atoms with Gasteiger partial charge in [0, 0.05) is 4.90 Å². The van der Waals surface area contributed by atoms with Crippen LogP contribution in [0.1, 0.15) is 11.4 Å². The lowest BCUT2D eigenvalue weighted by Gasteiger charge is -2.32. The number of carboxylic acids is 1. The summed E-state index contributed by atoms with van der Waals surface area (Å²) >= 11 is 15.1. The van der Waals surface area contributed by atoms with Crippen LogP contribution in [0.3, 0.4) is 0 Å². The molecular formula is C18H12Cl2N2O3S2. The van der Waals surface area contributed by atoms with E-state index in [2.05, 4.69) is 4.98 Å². The number of para-hydroxylation sites is 1. The van der Waals surface area contributed by atoms with Crippen molar-refractivity contribution in [1.29, 1.82) is 0 Å². The fourth-order valence-electron chi connectivity index (χ4n) is 2.92. The smallest absolute Gasteiger partial charge is 0.305 e. The normalized spacial score (nSPS) is 16.6. The number of hydrogen-bond acceptors (Lipinski definition) is 5. The topological polar surface area (TPSA) is 70.5 Å². The van der Waals surface area contributed by atoms with Crippen molar-refractivity contribution in [3.63, 3.8) is 0 Å². The number of aliphatic carboxylic acids is 1. The van der Waals surface area contributed by atoms with Gasteiger partial charge in [-0.3, -0.25) is 9.59 Å². The van der Waals surface area contributed by atoms with E-state index in [1.165, 1.54) is 23.1 Å². The Labute approximate surface area is 172 Å². The molecule has 0 spiro atoms. The van der Waals surface area contributed by atoms with Crippen molar-refractivity contribution in [2.24, 2.45) is 0 Å². The second-order valence-corrected chi connectivity index (χ2v) is 9.05. The highest BCUT2D eigenvalue weighted by Gasteiger charge is 2.35. The number of carbonyl (C=O) groups excluding carboxylic acids is 1. The summed E-state index contributed by atoms with van der Waals surface area (Å²) in [6.45, 7) is 0.235. The highest BCUT2D eigenvalue weighted by Crippen LogP contribution is 2.42. The van der Waals surface area contributed by atoms with Crippen molar-refractivity contribution in [2.75, 3.05) is 4.90 Å². The van der Waals surface area contributed by atoms with Crippen LogP contribution in [0.15, 0.2) is 41.3 Å². The first-order chi connectivity index (χ1) is 12.9. The molecule has 1 aliphatic rings. The highest BCUT2D eigenvalue weighted by atomic mass is 35.5. The number of hydrogen-bond donors (Lipinski definition) is 1. The first-order valence-corrected chi connectivity index (χ1v) is 10.4. The fourth-order valence-corrected chi connectivity index (χ4v) is 5.64. The Morgan fingerprint density at radius 2 is 1.93 bits per heavy atom. The number of fused-ring (bicyclic) bond motifs is 2. The molecule has 5 nitrogen and oxygen atoms in total. The summed E-state index contributed by atoms with van der Waals surface area (Å²) in [5.41, 5.74) is 1.36. The van der Waals surface area contributed by atoms with Crippen LogP contribution in [0.4, 0.5) is 5.69 Å². The number of thiazole rings is 1. The Bertz CT molecular complexity index is 1030. The minimum absolute atomic E-state index is 0.230. The molecule has 9 heteroatoms. The van der Waals surface area contributed by atoms with E-state index in [4.69, 9.17) is 28.3 Å². The number of aromatic nitrogens is 1. The first kappa shape index (κ1) is 18.6. The molecule has 138 valence electrons. The number of benzene rings is 2. The van der Waals surface area contributed by atoms with E-state index < -0.39 is 11.2 Å². The van der Waals surface area contributed by atoms with E-state index in [1.807, 2.05) is 24.3 Å². The van der Waals surface area contributed by atoms with Gasteiger partial charge in [0.05, 0.1) is 38.6 Å². The molecule has 1 amide bonds. The lowest BCUT2D eigenvalue weighted by molar-refractivity contribution is -0.138. The van der Waals surface area contributed by atoms with E-state index in [0.717, 1.165) is 15.3 Å². The molecule has 4 rings (SSSR count). The maximum absolute atomic E-state index is 12.9. The van der Waals surface area contributed by atoms with Gasteiger partial charge in [-0.05, 0) is 24.3 Å². The number of rotatable bonds is 4. The standard InChI is InChI=1S/C18H12Cl2N2O3S2/c19-9-5-6-10(20)17-16(9)21-14(27-17)8-22-11-3-1-2-4-12(11)26-13(18(22)25)7-15(23)24/h1-6,13H,7-8H2,(H,23,24). The van der Waals surface area contributed by atoms with Gasteiger partial charge in [0.15, 0.2) is 0 Å². The first-order valence-electron chi connectivity index (χ1n) is 7.96. The number of anilines is 1. The number of carbonyl (C=O) groups is 2. The molecule has 0 bridgehead atoms. The van der Waals surface area contributed by atoms with Crippen LogP contribution in [-0.2, 0) is 16.1 Å². The molecule has 0 aliphatic carbocycles. The molecule has 1 unspecified atom stereocenters. The Kier molecular flexibility index (Phi) is 5.03. The van der Waals surface area contributed by atoms with Gasteiger partial charge in [0.25, 0.3) is 0 Å². The monoisotopic (exact) mass is 438 g/mol. The molecule has 27 heavy (non-hydrogen) atoms. The van der Waals surface area contributed by atoms with Crippen molar-refractivity contribution in [3.05, 3.63) is 51.5 Å². The third-order valence-electron chi connectivity index (χ3n) is 4.11. The molecule has 1 aromatic heterocycles. The Morgan fingerprint density at radius 1 is 1.19 bits per heavy atom. The quantitative estimate of drug-likeness (QED) is 0.614. The van der Waals surface area contributed by atoms with E-state index in [0.29, 0.717) is 20.6 Å². The number of carboxylic acid groups (broad SMARTS) is 1. The highest BCUT2D eigenvalue weighted by molar-refractivity contribution is 8.01. The lowest BCUT2D eigenvalue weighted by atomic mass is 10.2. The molecule has 1 atom stereocenters. The predicted octanol–water partition coefficient (Wildman–Crippen LogP) is 5.09. The van der Waals surface area contributed by atoms with Gasteiger partial charge in [-0.25, -0.2) is 4.98 Å². The zero-order valence-electron chi connectivity index (χ0n) is 13.7. The molecule has 3 aromatic rings. The molecule has 1 aliphatic heterocycles. The SMILES string of the molecule is O=C(O)CC1Sc2ccccc2N(Cc2nc3c(Cl)ccc(Cl)c3s2)C1=O. The molecule has 0 radical (unpaired) electrons. The summed E-state index contributed by atoms with van der Waals surface area (Å²) in [6, 6.07) is 10.9. The molecule has 0 saturated heterocycles. The van der Waals surface area contributed by atoms with Crippen LogP contribution >= 0.6 is 46.3 Å². The van der Waals surface area contributed by atoms with Gasteiger partial charge in [-0.1, -0.05) is 35.3 Å². The number of halogens is 2. The van der Waals surface area contributed by atoms with Crippen LogP contribution in [0, 0.1) is 0 Å². The van der Waals surface area contributed by atoms with Crippen molar-refractivity contribution >= 4 is 74.1 Å². The molecule has 2 aromatic carbocycles. The molecule has 0 saturated carbocycles. The van der Waals surface area contributed by atoms with E-state index >= 15 is 0 Å². The van der Waals surface area contributed by atoms with Crippen LogP contribution in [0.5, 0.6) is 0 Å². The minimum atomic E-state index is -1.00. The Balaban J connectivity index is 1.73. The van der Waals surface area contributed by atoms with Gasteiger partial charge in [-0.2, -0.15) is 0 Å². The van der Waals surface area contributed by atoms with Crippen molar-refractivity contribution in [1.82, 2.24) is 4.98 Å². The van der Waals surface area contributed by atoms with Gasteiger partial charge in [-0.15, -0.1) is 23.1 Å². The minimum Gasteiger partial charge on any atom is -0.481 e. The van der Waals surface area contributed by atoms with E-state index in [-0.39, 0.29) is 18.9 Å². The largest absolute Gasteiger partial charge is 0.481 e. The third-order valence-corrected chi connectivity index (χ3v) is 7.17. The summed E-state index contributed by atoms with van der Waals surface area (Å²) in [7, 11) is 0. The van der Waals surface area contributed by atoms with Crippen molar-refractivity contribution in [3.8, 4) is 0 Å². The summed E-state index contributed by atoms with van der Waals surface area (Å²) in [5.74, 6) is -1.24. The van der Waals surface area contributed by atoms with Crippen LogP contribution < -0.4 is 4.90 Å². The maximum Gasteiger partial charge on any atom is 0.305 e. The van der Waals surface area contributed by atoms with Gasteiger partial charge in [0.2, 0.25) is 5.91 Å². The molecule has 1 N–H and O–H groups in total. The third kappa shape index (κ3) is 3.52. The average Bonchev–Trinajstić information content (AvgIpc) is 3.07. The fraction of sp³-hybridized carbons (Fsp3) is 0.167. The van der Waals surface area contributed by atoms with Crippen LogP contribution in [0.25, 0.3) is 10.2 Å². The predicted molar refractivity (Wildman–Crippen MR) is 109 cm³/mol. The van der Waals surface area contributed by atoms with E-state index in [9.17, 15) is 9.59 Å². The second kappa shape index (κ2) is 7.31. The summed E-state index contributed by atoms with van der Waals surface area (Å²) in [5, 5.41) is 10.2. The average molecular weight is 439 g/mol. The number of thioether (sulfide) groups is 1.